The van der Waals surface area contributed by atoms with Crippen molar-refractivity contribution in [1.82, 2.24) is 5.32 Å². The lowest BCUT2D eigenvalue weighted by atomic mass is 9.68. The fraction of sp³-hybridized carbons (Fsp3) is 0.391. The Bertz CT molecular complexity index is 1110. The van der Waals surface area contributed by atoms with E-state index < -0.39 is 17.2 Å². The molecule has 2 aliphatic rings. The summed E-state index contributed by atoms with van der Waals surface area (Å²) in [6, 6.07) is 5.95. The van der Waals surface area contributed by atoms with E-state index in [0.717, 1.165) is 0 Å². The van der Waals surface area contributed by atoms with E-state index in [0.29, 0.717) is 30.6 Å². The summed E-state index contributed by atoms with van der Waals surface area (Å²) < 4.78 is 15.5. The van der Waals surface area contributed by atoms with Gasteiger partial charge in [-0.15, -0.1) is 0 Å². The Balaban J connectivity index is 2.09. The second-order valence-electron chi connectivity index (χ2n) is 9.38. The van der Waals surface area contributed by atoms with Crippen LogP contribution >= 0.6 is 27.5 Å². The average molecular weight is 510 g/mol. The van der Waals surface area contributed by atoms with Gasteiger partial charge in [-0.25, -0.2) is 9.18 Å². The van der Waals surface area contributed by atoms with Gasteiger partial charge in [-0.1, -0.05) is 44.5 Å². The van der Waals surface area contributed by atoms with E-state index >= 15 is 4.39 Å². The van der Waals surface area contributed by atoms with Crippen molar-refractivity contribution in [2.24, 2.45) is 5.41 Å². The number of hydrogen-bond donors (Lipinski definition) is 3. The summed E-state index contributed by atoms with van der Waals surface area (Å²) in [6.45, 7) is 6.87. The van der Waals surface area contributed by atoms with Crippen LogP contribution in [0.15, 0.2) is 28.7 Å². The first-order valence-corrected chi connectivity index (χ1v) is 11.2. The Morgan fingerprint density at radius 2 is 2.10 bits per heavy atom. The molecule has 0 aromatic heterocycles. The lowest BCUT2D eigenvalue weighted by molar-refractivity contribution is -0.121. The van der Waals surface area contributed by atoms with Crippen LogP contribution < -0.4 is 10.6 Å². The van der Waals surface area contributed by atoms with Gasteiger partial charge in [-0.05, 0) is 52.9 Å². The van der Waals surface area contributed by atoms with Gasteiger partial charge in [0.1, 0.15) is 5.82 Å². The number of aromatic carboxylic acids is 1. The summed E-state index contributed by atoms with van der Waals surface area (Å²) in [5, 5.41) is 16.3. The Kier molecular flexibility index (Phi) is 5.43. The van der Waals surface area contributed by atoms with Gasteiger partial charge in [0.15, 0.2) is 0 Å². The highest BCUT2D eigenvalue weighted by atomic mass is 79.9. The number of carbonyl (C=O) groups is 2. The molecule has 2 aliphatic heterocycles. The number of carboxylic acid groups (broad SMARTS) is 1. The molecular weight excluding hydrogens is 487 g/mol. The molecule has 1 spiro atoms. The normalized spacial score (nSPS) is 22.6. The van der Waals surface area contributed by atoms with Gasteiger partial charge in [0.05, 0.1) is 20.5 Å². The van der Waals surface area contributed by atoms with Crippen LogP contribution in [0.5, 0.6) is 0 Å². The van der Waals surface area contributed by atoms with Crippen molar-refractivity contribution in [3.63, 3.8) is 0 Å². The number of halogens is 3. The molecule has 0 radical (unpaired) electrons. The minimum absolute atomic E-state index is 0.0451. The van der Waals surface area contributed by atoms with Crippen molar-refractivity contribution in [2.45, 2.75) is 45.1 Å². The predicted octanol–water partition coefficient (Wildman–Crippen LogP) is 5.59. The van der Waals surface area contributed by atoms with E-state index in [1.807, 2.05) is 0 Å². The van der Waals surface area contributed by atoms with Gasteiger partial charge in [0.25, 0.3) is 0 Å². The quantitative estimate of drug-likeness (QED) is 0.504. The highest BCUT2D eigenvalue weighted by Gasteiger charge is 2.57. The molecule has 3 N–H and O–H groups in total. The molecule has 164 valence electrons. The highest BCUT2D eigenvalue weighted by molar-refractivity contribution is 9.10. The van der Waals surface area contributed by atoms with Gasteiger partial charge in [-0.2, -0.15) is 0 Å². The van der Waals surface area contributed by atoms with E-state index in [-0.39, 0.29) is 43.5 Å². The van der Waals surface area contributed by atoms with Crippen LogP contribution in [0.25, 0.3) is 11.1 Å². The minimum Gasteiger partial charge on any atom is -0.478 e. The molecule has 5 nitrogen and oxygen atoms in total. The standard InChI is InChI=1S/C23H23BrClFN2O3/c1-22(2,3)10-15-23(7-8-27-15)18-14(28-21(23)31)9-13(25)17(20(29)30)16(18)11-5-4-6-12(24)19(11)26/h4-6,9,15,27H,7-8,10H2,1-3H3,(H,28,31)(H,29,30)/t15-,23-/m1/s1. The number of carbonyl (C=O) groups excluding carboxylic acids is 1. The average Bonchev–Trinajstić information content (AvgIpc) is 3.17. The molecule has 0 saturated carbocycles. The SMILES string of the molecule is CC(C)(C)C[C@H]1NCC[C@@]12C(=O)Nc1cc(Cl)c(C(=O)O)c(-c3cccc(Br)c3F)c12. The van der Waals surface area contributed by atoms with E-state index in [1.54, 1.807) is 12.1 Å². The second kappa shape index (κ2) is 7.57. The minimum atomic E-state index is -1.27. The third-order valence-corrected chi connectivity index (χ3v) is 7.05. The van der Waals surface area contributed by atoms with Crippen molar-refractivity contribution in [2.75, 3.05) is 11.9 Å². The zero-order valence-electron chi connectivity index (χ0n) is 17.4. The Morgan fingerprint density at radius 3 is 2.74 bits per heavy atom. The molecule has 2 atom stereocenters. The molecule has 2 aromatic carbocycles. The Morgan fingerprint density at radius 1 is 1.39 bits per heavy atom. The van der Waals surface area contributed by atoms with E-state index in [9.17, 15) is 14.7 Å². The fourth-order valence-corrected chi connectivity index (χ4v) is 5.61. The maximum Gasteiger partial charge on any atom is 0.337 e. The first-order valence-electron chi connectivity index (χ1n) is 10.1. The van der Waals surface area contributed by atoms with Crippen LogP contribution in [-0.4, -0.2) is 29.6 Å². The molecule has 31 heavy (non-hydrogen) atoms. The van der Waals surface area contributed by atoms with Crippen LogP contribution in [0.4, 0.5) is 10.1 Å². The third kappa shape index (κ3) is 3.47. The predicted molar refractivity (Wildman–Crippen MR) is 122 cm³/mol. The first kappa shape index (κ1) is 22.2. The van der Waals surface area contributed by atoms with Gasteiger partial charge in [0, 0.05) is 28.4 Å². The number of benzene rings is 2. The number of carboxylic acids is 1. The molecule has 0 bridgehead atoms. The zero-order valence-corrected chi connectivity index (χ0v) is 19.7. The molecule has 0 aliphatic carbocycles. The van der Waals surface area contributed by atoms with Crippen molar-refractivity contribution < 1.29 is 19.1 Å². The molecular formula is C23H23BrClFN2O3. The molecule has 1 fully saturated rings. The summed E-state index contributed by atoms with van der Waals surface area (Å²) in [6.07, 6.45) is 1.17. The summed E-state index contributed by atoms with van der Waals surface area (Å²) in [5.74, 6) is -2.07. The molecule has 4 rings (SSSR count). The first-order chi connectivity index (χ1) is 14.5. The van der Waals surface area contributed by atoms with Gasteiger partial charge in [-0.3, -0.25) is 4.79 Å². The number of fused-ring (bicyclic) bond motifs is 2. The Labute approximate surface area is 193 Å². The smallest absolute Gasteiger partial charge is 0.337 e. The molecule has 0 unspecified atom stereocenters. The fourth-order valence-electron chi connectivity index (χ4n) is 4.96. The summed E-state index contributed by atoms with van der Waals surface area (Å²) >= 11 is 9.55. The summed E-state index contributed by atoms with van der Waals surface area (Å²) in [5.41, 5.74) is -0.0808. The van der Waals surface area contributed by atoms with Gasteiger partial charge >= 0.3 is 5.97 Å². The van der Waals surface area contributed by atoms with E-state index in [2.05, 4.69) is 47.3 Å². The second-order valence-corrected chi connectivity index (χ2v) is 10.6. The molecule has 2 aromatic rings. The zero-order chi connectivity index (χ0) is 22.7. The number of amides is 1. The number of anilines is 1. The van der Waals surface area contributed by atoms with Crippen molar-refractivity contribution in [1.29, 1.82) is 0 Å². The summed E-state index contributed by atoms with van der Waals surface area (Å²) in [7, 11) is 0. The van der Waals surface area contributed by atoms with E-state index in [1.165, 1.54) is 12.1 Å². The van der Waals surface area contributed by atoms with Crippen molar-refractivity contribution in [3.8, 4) is 11.1 Å². The van der Waals surface area contributed by atoms with Crippen LogP contribution in [0.3, 0.4) is 0 Å². The molecule has 1 saturated heterocycles. The lowest BCUT2D eigenvalue weighted by Gasteiger charge is -2.35. The number of nitrogens with one attached hydrogen (secondary N) is 2. The number of hydrogen-bond acceptors (Lipinski definition) is 3. The monoisotopic (exact) mass is 508 g/mol. The maximum absolute atomic E-state index is 15.3. The van der Waals surface area contributed by atoms with Gasteiger partial charge < -0.3 is 15.7 Å². The lowest BCUT2D eigenvalue weighted by Crippen LogP contribution is -2.47. The van der Waals surface area contributed by atoms with Crippen LogP contribution in [0, 0.1) is 11.2 Å². The largest absolute Gasteiger partial charge is 0.478 e. The topological polar surface area (TPSA) is 78.4 Å². The highest BCUT2D eigenvalue weighted by Crippen LogP contribution is 2.54. The molecule has 1 amide bonds. The summed E-state index contributed by atoms with van der Waals surface area (Å²) in [4.78, 5) is 25.7. The van der Waals surface area contributed by atoms with Crippen molar-refractivity contribution >= 4 is 45.1 Å². The third-order valence-electron chi connectivity index (χ3n) is 6.13. The molecule has 2 heterocycles. The van der Waals surface area contributed by atoms with E-state index in [4.69, 9.17) is 11.6 Å². The van der Waals surface area contributed by atoms with Gasteiger partial charge in [0.2, 0.25) is 5.91 Å². The Hall–Kier alpha value is -1.96. The molecule has 8 heteroatoms. The maximum atomic E-state index is 15.3. The van der Waals surface area contributed by atoms with Crippen molar-refractivity contribution in [3.05, 3.63) is 50.7 Å². The van der Waals surface area contributed by atoms with Crippen LogP contribution in [0.2, 0.25) is 5.02 Å². The van der Waals surface area contributed by atoms with Crippen LogP contribution in [-0.2, 0) is 10.2 Å². The number of rotatable bonds is 3. The van der Waals surface area contributed by atoms with Crippen LogP contribution in [0.1, 0.15) is 49.5 Å².